The fraction of sp³-hybridized carbons (Fsp3) is 0.304. The van der Waals surface area contributed by atoms with Gasteiger partial charge in [0.25, 0.3) is 5.91 Å². The van der Waals surface area contributed by atoms with E-state index < -0.39 is 0 Å². The normalized spacial score (nSPS) is 10.8. The highest BCUT2D eigenvalue weighted by atomic mass is 32.2. The lowest BCUT2D eigenvalue weighted by molar-refractivity contribution is 0.0956. The topological polar surface area (TPSA) is 46.9 Å². The Morgan fingerprint density at radius 3 is 2.32 bits per heavy atom. The summed E-state index contributed by atoms with van der Waals surface area (Å²) >= 11 is 1.83. The van der Waals surface area contributed by atoms with Crippen LogP contribution < -0.4 is 5.32 Å². The number of benzene rings is 2. The Bertz CT molecular complexity index is 914. The number of aryl methyl sites for hydroxylation is 3. The molecule has 0 unspecified atom stereocenters. The first-order valence-corrected chi connectivity index (χ1v) is 10.7. The number of aromatic nitrogens is 2. The van der Waals surface area contributed by atoms with Crippen LogP contribution in [0.3, 0.4) is 0 Å². The smallest absolute Gasteiger partial charge is 0.251 e. The van der Waals surface area contributed by atoms with Gasteiger partial charge in [-0.3, -0.25) is 9.48 Å². The van der Waals surface area contributed by atoms with Gasteiger partial charge in [-0.15, -0.1) is 0 Å². The predicted octanol–water partition coefficient (Wildman–Crippen LogP) is 4.52. The summed E-state index contributed by atoms with van der Waals surface area (Å²) in [6.45, 7) is 7.53. The lowest BCUT2D eigenvalue weighted by atomic mass is 10.1. The van der Waals surface area contributed by atoms with Crippen molar-refractivity contribution in [3.63, 3.8) is 0 Å². The fourth-order valence-electron chi connectivity index (χ4n) is 2.98. The lowest BCUT2D eigenvalue weighted by Gasteiger charge is -2.08. The molecule has 4 nitrogen and oxygen atoms in total. The van der Waals surface area contributed by atoms with Crippen LogP contribution in [-0.4, -0.2) is 28.0 Å². The molecule has 0 atom stereocenters. The van der Waals surface area contributed by atoms with Gasteiger partial charge in [0.05, 0.1) is 12.2 Å². The molecule has 1 amide bonds. The van der Waals surface area contributed by atoms with Crippen molar-refractivity contribution in [2.45, 2.75) is 33.1 Å². The van der Waals surface area contributed by atoms with Crippen LogP contribution in [0.25, 0.3) is 0 Å². The van der Waals surface area contributed by atoms with Gasteiger partial charge in [0, 0.05) is 29.3 Å². The summed E-state index contributed by atoms with van der Waals surface area (Å²) in [5.41, 5.74) is 6.59. The number of carbonyl (C=O) groups excluding carboxylic acids is 1. The summed E-state index contributed by atoms with van der Waals surface area (Å²) < 4.78 is 1.98. The molecule has 0 saturated heterocycles. The molecule has 0 aliphatic heterocycles. The van der Waals surface area contributed by atoms with E-state index in [9.17, 15) is 4.79 Å². The SMILES string of the molecule is Cc1ccc(CSCCNC(=O)c2ccc(Cn3nc(C)cc3C)cc2)cc1. The van der Waals surface area contributed by atoms with Gasteiger partial charge in [-0.1, -0.05) is 42.0 Å². The number of amides is 1. The molecule has 0 spiro atoms. The Hall–Kier alpha value is -2.53. The number of hydrogen-bond donors (Lipinski definition) is 1. The zero-order chi connectivity index (χ0) is 19.9. The second-order valence-electron chi connectivity index (χ2n) is 7.08. The van der Waals surface area contributed by atoms with Crippen LogP contribution >= 0.6 is 11.8 Å². The second-order valence-corrected chi connectivity index (χ2v) is 8.18. The molecule has 1 aromatic heterocycles. The van der Waals surface area contributed by atoms with Crippen LogP contribution in [0.1, 0.15) is 38.4 Å². The molecule has 0 fully saturated rings. The molecule has 1 N–H and O–H groups in total. The van der Waals surface area contributed by atoms with Crippen molar-refractivity contribution in [2.75, 3.05) is 12.3 Å². The highest BCUT2D eigenvalue weighted by Gasteiger charge is 2.06. The summed E-state index contributed by atoms with van der Waals surface area (Å²) in [4.78, 5) is 12.3. The monoisotopic (exact) mass is 393 g/mol. The Balaban J connectivity index is 1.41. The summed E-state index contributed by atoms with van der Waals surface area (Å²) in [7, 11) is 0. The molecular formula is C23H27N3OS. The summed E-state index contributed by atoms with van der Waals surface area (Å²) in [6, 6.07) is 18.4. The third-order valence-corrected chi connectivity index (χ3v) is 5.60. The number of thioether (sulfide) groups is 1. The summed E-state index contributed by atoms with van der Waals surface area (Å²) in [6.07, 6.45) is 0. The van der Waals surface area contributed by atoms with E-state index in [1.807, 2.05) is 47.6 Å². The maximum absolute atomic E-state index is 12.3. The van der Waals surface area contributed by atoms with Gasteiger partial charge < -0.3 is 5.32 Å². The highest BCUT2D eigenvalue weighted by Crippen LogP contribution is 2.13. The van der Waals surface area contributed by atoms with E-state index in [1.165, 1.54) is 11.1 Å². The van der Waals surface area contributed by atoms with Gasteiger partial charge in [0.1, 0.15) is 0 Å². The summed E-state index contributed by atoms with van der Waals surface area (Å²) in [5.74, 6) is 1.85. The van der Waals surface area contributed by atoms with E-state index in [4.69, 9.17) is 0 Å². The van der Waals surface area contributed by atoms with E-state index in [0.717, 1.165) is 35.0 Å². The van der Waals surface area contributed by atoms with Crippen molar-refractivity contribution in [2.24, 2.45) is 0 Å². The predicted molar refractivity (Wildman–Crippen MR) is 117 cm³/mol. The molecule has 3 rings (SSSR count). The molecule has 0 saturated carbocycles. The Labute approximate surface area is 171 Å². The Morgan fingerprint density at radius 2 is 1.68 bits per heavy atom. The minimum Gasteiger partial charge on any atom is -0.351 e. The average molecular weight is 394 g/mol. The van der Waals surface area contributed by atoms with Crippen molar-refractivity contribution in [1.82, 2.24) is 15.1 Å². The average Bonchev–Trinajstić information content (AvgIpc) is 3.00. The first-order chi connectivity index (χ1) is 13.5. The maximum Gasteiger partial charge on any atom is 0.251 e. The number of carbonyl (C=O) groups is 1. The lowest BCUT2D eigenvalue weighted by Crippen LogP contribution is -2.25. The van der Waals surface area contributed by atoms with Crippen molar-refractivity contribution in [1.29, 1.82) is 0 Å². The zero-order valence-corrected chi connectivity index (χ0v) is 17.6. The van der Waals surface area contributed by atoms with E-state index in [1.54, 1.807) is 0 Å². The number of nitrogens with one attached hydrogen (secondary N) is 1. The van der Waals surface area contributed by atoms with Crippen LogP contribution in [-0.2, 0) is 12.3 Å². The van der Waals surface area contributed by atoms with Gasteiger partial charge >= 0.3 is 0 Å². The Morgan fingerprint density at radius 1 is 1.00 bits per heavy atom. The third-order valence-electron chi connectivity index (χ3n) is 4.57. The molecule has 0 aliphatic carbocycles. The fourth-order valence-corrected chi connectivity index (χ4v) is 3.80. The van der Waals surface area contributed by atoms with Crippen LogP contribution in [0.2, 0.25) is 0 Å². The molecule has 0 radical (unpaired) electrons. The zero-order valence-electron chi connectivity index (χ0n) is 16.7. The first kappa shape index (κ1) is 20.2. The first-order valence-electron chi connectivity index (χ1n) is 9.53. The van der Waals surface area contributed by atoms with Crippen molar-refractivity contribution in [3.05, 3.63) is 88.2 Å². The number of hydrogen-bond acceptors (Lipinski definition) is 3. The van der Waals surface area contributed by atoms with E-state index in [0.29, 0.717) is 12.1 Å². The number of rotatable bonds is 8. The van der Waals surface area contributed by atoms with Gasteiger partial charge in [0.15, 0.2) is 0 Å². The molecule has 0 bridgehead atoms. The van der Waals surface area contributed by atoms with Crippen LogP contribution in [0, 0.1) is 20.8 Å². The van der Waals surface area contributed by atoms with Gasteiger partial charge in [-0.05, 0) is 50.1 Å². The van der Waals surface area contributed by atoms with Gasteiger partial charge in [-0.25, -0.2) is 0 Å². The molecule has 0 aliphatic rings. The largest absolute Gasteiger partial charge is 0.351 e. The standard InChI is InChI=1S/C23H27N3OS/c1-17-4-6-21(7-5-17)16-28-13-12-24-23(27)22-10-8-20(9-11-22)15-26-19(3)14-18(2)25-26/h4-11,14H,12-13,15-16H2,1-3H3,(H,24,27). The molecule has 3 aromatic rings. The van der Waals surface area contributed by atoms with Gasteiger partial charge in [0.2, 0.25) is 0 Å². The molecule has 2 aromatic carbocycles. The van der Waals surface area contributed by atoms with E-state index >= 15 is 0 Å². The second kappa shape index (κ2) is 9.60. The molecular weight excluding hydrogens is 366 g/mol. The number of nitrogens with zero attached hydrogens (tertiary/aromatic N) is 2. The Kier molecular flexibility index (Phi) is 6.93. The minimum absolute atomic E-state index is 0.0198. The molecule has 146 valence electrons. The quantitative estimate of drug-likeness (QED) is 0.573. The highest BCUT2D eigenvalue weighted by molar-refractivity contribution is 7.98. The minimum atomic E-state index is -0.0198. The van der Waals surface area contributed by atoms with Crippen LogP contribution in [0.4, 0.5) is 0 Å². The van der Waals surface area contributed by atoms with Gasteiger partial charge in [-0.2, -0.15) is 16.9 Å². The van der Waals surface area contributed by atoms with Crippen LogP contribution in [0.15, 0.2) is 54.6 Å². The third kappa shape index (κ3) is 5.73. The van der Waals surface area contributed by atoms with E-state index in [2.05, 4.69) is 54.6 Å². The van der Waals surface area contributed by atoms with Crippen molar-refractivity contribution in [3.8, 4) is 0 Å². The molecule has 28 heavy (non-hydrogen) atoms. The van der Waals surface area contributed by atoms with Crippen molar-refractivity contribution < 1.29 is 4.79 Å². The maximum atomic E-state index is 12.3. The van der Waals surface area contributed by atoms with E-state index in [-0.39, 0.29) is 5.91 Å². The molecule has 5 heteroatoms. The molecule has 1 heterocycles. The van der Waals surface area contributed by atoms with Crippen molar-refractivity contribution >= 4 is 17.7 Å². The summed E-state index contributed by atoms with van der Waals surface area (Å²) in [5, 5.41) is 7.48. The van der Waals surface area contributed by atoms with Crippen LogP contribution in [0.5, 0.6) is 0 Å².